The third-order valence-corrected chi connectivity index (χ3v) is 7.94. The Morgan fingerprint density at radius 1 is 1.11 bits per heavy atom. The number of Topliss-reactive ketones (excluding diaryl/α,β-unsaturated/α-hetero) is 1. The van der Waals surface area contributed by atoms with Crippen LogP contribution < -0.4 is 4.74 Å². The quantitative estimate of drug-likeness (QED) is 0.521. The number of rotatable bonds is 7. The largest absolute Gasteiger partial charge is 0.481 e. The first-order chi connectivity index (χ1) is 18.1. The molecule has 0 bridgehead atoms. The molecule has 1 aliphatic carbocycles. The van der Waals surface area contributed by atoms with Gasteiger partial charge in [0.05, 0.1) is 18.3 Å². The molecule has 1 saturated carbocycles. The average molecular weight is 500 g/mol. The van der Waals surface area contributed by atoms with E-state index >= 15 is 0 Å². The Morgan fingerprint density at radius 2 is 1.95 bits per heavy atom. The third-order valence-electron chi connectivity index (χ3n) is 7.94. The molecule has 37 heavy (non-hydrogen) atoms. The van der Waals surface area contributed by atoms with E-state index in [0.29, 0.717) is 29.1 Å². The number of fused-ring (bicyclic) bond motifs is 1. The minimum Gasteiger partial charge on any atom is -0.481 e. The van der Waals surface area contributed by atoms with Gasteiger partial charge in [0.1, 0.15) is 11.6 Å². The third kappa shape index (κ3) is 4.87. The Bertz CT molecular complexity index is 1330. The van der Waals surface area contributed by atoms with Crippen LogP contribution >= 0.6 is 0 Å². The van der Waals surface area contributed by atoms with E-state index in [2.05, 4.69) is 43.0 Å². The standard InChI is InChI=1S/C28H33N7O2/c1-34-17-21(16-30-28(34)35-12-10-18(11-13-35)14-24(36)19-4-3-5-19)22-7-6-20(15-29-22)26-31-23-8-9-25(37-2)32-27(23)33-26/h6-9,15-19,28H,3-5,10-14H2,1-2H3,(H,31,32,33). The topological polar surface area (TPSA) is 99.6 Å². The van der Waals surface area contributed by atoms with Crippen LogP contribution in [0.5, 0.6) is 5.88 Å². The second kappa shape index (κ2) is 10.0. The maximum absolute atomic E-state index is 12.4. The number of allylic oxidation sites excluding steroid dienone is 1. The normalized spacial score (nSPS) is 21.2. The van der Waals surface area contributed by atoms with Gasteiger partial charge >= 0.3 is 0 Å². The van der Waals surface area contributed by atoms with Crippen LogP contribution in [-0.4, -0.2) is 75.3 Å². The van der Waals surface area contributed by atoms with E-state index < -0.39 is 0 Å². The molecular weight excluding hydrogens is 466 g/mol. The first-order valence-corrected chi connectivity index (χ1v) is 13.2. The summed E-state index contributed by atoms with van der Waals surface area (Å²) in [6, 6.07) is 7.72. The predicted octanol–water partition coefficient (Wildman–Crippen LogP) is 4.14. The lowest BCUT2D eigenvalue weighted by atomic mass is 9.78. The number of carbonyl (C=O) groups excluding carboxylic acids is 1. The summed E-state index contributed by atoms with van der Waals surface area (Å²) < 4.78 is 5.19. The van der Waals surface area contributed by atoms with Crippen molar-refractivity contribution in [1.29, 1.82) is 0 Å². The summed E-state index contributed by atoms with van der Waals surface area (Å²) in [6.07, 6.45) is 12.2. The van der Waals surface area contributed by atoms with Crippen LogP contribution in [0.15, 0.2) is 41.7 Å². The summed E-state index contributed by atoms with van der Waals surface area (Å²) in [6.45, 7) is 1.95. The second-order valence-electron chi connectivity index (χ2n) is 10.4. The highest BCUT2D eigenvalue weighted by atomic mass is 16.5. The highest BCUT2D eigenvalue weighted by Gasteiger charge is 2.31. The summed E-state index contributed by atoms with van der Waals surface area (Å²) in [5, 5.41) is 0. The SMILES string of the molecule is COc1ccc2[nH]c(-c3ccc(C4=CN(C)C(N5CCC(CC(=O)C6CCC6)CC5)N=C4)nc3)nc2n1. The number of imidazole rings is 1. The zero-order valence-electron chi connectivity index (χ0n) is 21.4. The van der Waals surface area contributed by atoms with Gasteiger partial charge in [-0.25, -0.2) is 4.98 Å². The van der Waals surface area contributed by atoms with Gasteiger partial charge in [-0.2, -0.15) is 4.98 Å². The van der Waals surface area contributed by atoms with Crippen LogP contribution in [0.3, 0.4) is 0 Å². The number of likely N-dealkylation sites (tertiary alicyclic amines) is 1. The van der Waals surface area contributed by atoms with Crippen molar-refractivity contribution in [3.8, 4) is 17.3 Å². The molecule has 9 nitrogen and oxygen atoms in total. The number of piperidine rings is 1. The van der Waals surface area contributed by atoms with Crippen molar-refractivity contribution in [2.75, 3.05) is 27.2 Å². The van der Waals surface area contributed by atoms with E-state index in [1.54, 1.807) is 7.11 Å². The van der Waals surface area contributed by atoms with Gasteiger partial charge in [0.2, 0.25) is 5.88 Å². The summed E-state index contributed by atoms with van der Waals surface area (Å²) in [5.74, 6) is 2.64. The van der Waals surface area contributed by atoms with Crippen molar-refractivity contribution in [3.63, 3.8) is 0 Å². The molecule has 0 aromatic carbocycles. The van der Waals surface area contributed by atoms with Gasteiger partial charge in [-0.1, -0.05) is 6.42 Å². The molecular formula is C28H33N7O2. The first kappa shape index (κ1) is 23.8. The Balaban J connectivity index is 1.07. The van der Waals surface area contributed by atoms with Crippen molar-refractivity contribution >= 4 is 28.7 Å². The second-order valence-corrected chi connectivity index (χ2v) is 10.4. The van der Waals surface area contributed by atoms with Gasteiger partial charge in [0.25, 0.3) is 0 Å². The number of pyridine rings is 2. The lowest BCUT2D eigenvalue weighted by Crippen LogP contribution is -2.48. The van der Waals surface area contributed by atoms with Crippen molar-refractivity contribution in [1.82, 2.24) is 29.7 Å². The number of methoxy groups -OCH3 is 1. The molecule has 1 saturated heterocycles. The first-order valence-electron chi connectivity index (χ1n) is 13.2. The molecule has 3 aliphatic rings. The number of hydrogen-bond acceptors (Lipinski definition) is 8. The van der Waals surface area contributed by atoms with Crippen LogP contribution in [-0.2, 0) is 4.79 Å². The van der Waals surface area contributed by atoms with E-state index in [9.17, 15) is 4.79 Å². The van der Waals surface area contributed by atoms with Gasteiger partial charge in [-0.3, -0.25) is 19.7 Å². The number of nitrogens with one attached hydrogen (secondary N) is 1. The van der Waals surface area contributed by atoms with Crippen LogP contribution in [0.25, 0.3) is 28.1 Å². The molecule has 1 unspecified atom stereocenters. The van der Waals surface area contributed by atoms with Gasteiger partial charge in [-0.05, 0) is 49.8 Å². The molecule has 0 spiro atoms. The minimum atomic E-state index is -0.00801. The summed E-state index contributed by atoms with van der Waals surface area (Å²) >= 11 is 0. The number of ketones is 1. The van der Waals surface area contributed by atoms with Gasteiger partial charge in [0.15, 0.2) is 11.9 Å². The number of H-pyrrole nitrogens is 1. The minimum absolute atomic E-state index is 0.00801. The Labute approximate surface area is 216 Å². The zero-order valence-corrected chi connectivity index (χ0v) is 21.4. The molecule has 2 fully saturated rings. The number of aromatic nitrogens is 4. The van der Waals surface area contributed by atoms with Gasteiger partial charge in [-0.15, -0.1) is 0 Å². The van der Waals surface area contributed by atoms with Crippen molar-refractivity contribution < 1.29 is 9.53 Å². The van der Waals surface area contributed by atoms with E-state index in [1.165, 1.54) is 6.42 Å². The van der Waals surface area contributed by atoms with E-state index in [4.69, 9.17) is 9.73 Å². The Kier molecular flexibility index (Phi) is 6.46. The molecule has 5 heterocycles. The van der Waals surface area contributed by atoms with E-state index in [0.717, 1.165) is 73.4 Å². The Morgan fingerprint density at radius 3 is 2.62 bits per heavy atom. The van der Waals surface area contributed by atoms with Crippen LogP contribution in [0.2, 0.25) is 0 Å². The lowest BCUT2D eigenvalue weighted by Gasteiger charge is -2.40. The number of aromatic amines is 1. The van der Waals surface area contributed by atoms with Crippen LogP contribution in [0, 0.1) is 11.8 Å². The summed E-state index contributed by atoms with van der Waals surface area (Å²) in [5.41, 5.74) is 4.19. The fourth-order valence-electron chi connectivity index (χ4n) is 5.46. The summed E-state index contributed by atoms with van der Waals surface area (Å²) in [4.78, 5) is 38.8. The fraction of sp³-hybridized carbons (Fsp3) is 0.464. The van der Waals surface area contributed by atoms with Crippen LogP contribution in [0.1, 0.15) is 44.2 Å². The fourth-order valence-corrected chi connectivity index (χ4v) is 5.46. The predicted molar refractivity (Wildman–Crippen MR) is 143 cm³/mol. The maximum atomic E-state index is 12.4. The Hall–Kier alpha value is -3.59. The molecule has 1 N–H and O–H groups in total. The highest BCUT2D eigenvalue weighted by Crippen LogP contribution is 2.32. The summed E-state index contributed by atoms with van der Waals surface area (Å²) in [7, 11) is 3.66. The van der Waals surface area contributed by atoms with Crippen LogP contribution in [0.4, 0.5) is 0 Å². The molecule has 9 heteroatoms. The van der Waals surface area contributed by atoms with Gasteiger partial charge in [0, 0.05) is 68.3 Å². The van der Waals surface area contributed by atoms with E-state index in [-0.39, 0.29) is 6.29 Å². The smallest absolute Gasteiger partial charge is 0.215 e. The number of ether oxygens (including phenoxy) is 1. The van der Waals surface area contributed by atoms with Crippen molar-refractivity contribution in [2.24, 2.45) is 16.8 Å². The molecule has 1 atom stereocenters. The molecule has 2 aliphatic heterocycles. The molecule has 0 amide bonds. The number of hydrogen-bond donors (Lipinski definition) is 1. The van der Waals surface area contributed by atoms with Crippen molar-refractivity contribution in [3.05, 3.63) is 42.4 Å². The number of carbonyl (C=O) groups is 1. The van der Waals surface area contributed by atoms with Crippen molar-refractivity contribution in [2.45, 2.75) is 44.8 Å². The van der Waals surface area contributed by atoms with Gasteiger partial charge < -0.3 is 14.6 Å². The molecule has 192 valence electrons. The zero-order chi connectivity index (χ0) is 25.4. The molecule has 3 aromatic rings. The molecule has 0 radical (unpaired) electrons. The average Bonchev–Trinajstić information content (AvgIpc) is 3.32. The lowest BCUT2D eigenvalue weighted by molar-refractivity contribution is -0.126. The maximum Gasteiger partial charge on any atom is 0.215 e. The monoisotopic (exact) mass is 499 g/mol. The number of nitrogens with zero attached hydrogens (tertiary/aromatic N) is 6. The molecule has 3 aromatic heterocycles. The molecule has 6 rings (SSSR count). The number of aliphatic imine (C=N–C) groups is 1. The van der Waals surface area contributed by atoms with E-state index in [1.807, 2.05) is 36.7 Å². The highest BCUT2D eigenvalue weighted by molar-refractivity contribution is 6.09.